The number of likely N-dealkylation sites (tertiary alicyclic amines) is 2. The molecule has 0 aliphatic carbocycles. The van der Waals surface area contributed by atoms with Gasteiger partial charge in [0.15, 0.2) is 5.96 Å². The van der Waals surface area contributed by atoms with Gasteiger partial charge in [0.1, 0.15) is 0 Å². The fourth-order valence-corrected chi connectivity index (χ4v) is 4.12. The summed E-state index contributed by atoms with van der Waals surface area (Å²) in [4.78, 5) is 9.40. The number of aliphatic imine (C=N–C) groups is 1. The smallest absolute Gasteiger partial charge is 0.193 e. The van der Waals surface area contributed by atoms with E-state index in [0.717, 1.165) is 51.6 Å². The average molecular weight is 373 g/mol. The van der Waals surface area contributed by atoms with Gasteiger partial charge < -0.3 is 15.0 Å². The van der Waals surface area contributed by atoms with Crippen molar-refractivity contribution in [3.8, 4) is 0 Å². The first-order valence-corrected chi connectivity index (χ1v) is 10.7. The molecule has 5 nitrogen and oxygen atoms in total. The van der Waals surface area contributed by atoms with Crippen molar-refractivity contribution in [2.24, 2.45) is 4.99 Å². The van der Waals surface area contributed by atoms with E-state index in [1.807, 2.05) is 7.05 Å². The summed E-state index contributed by atoms with van der Waals surface area (Å²) in [5.74, 6) is 1.00. The van der Waals surface area contributed by atoms with Crippen LogP contribution in [0.2, 0.25) is 0 Å². The van der Waals surface area contributed by atoms with Gasteiger partial charge in [0, 0.05) is 39.8 Å². The molecular weight excluding hydrogens is 336 g/mol. The summed E-state index contributed by atoms with van der Waals surface area (Å²) in [6.45, 7) is 9.32. The predicted molar refractivity (Wildman–Crippen MR) is 112 cm³/mol. The fraction of sp³-hybridized carbons (Fsp3) is 0.682. The molecule has 1 aromatic rings. The van der Waals surface area contributed by atoms with Crippen LogP contribution in [0, 0.1) is 0 Å². The zero-order chi connectivity index (χ0) is 18.9. The highest BCUT2D eigenvalue weighted by molar-refractivity contribution is 5.79. The molecule has 3 rings (SSSR count). The van der Waals surface area contributed by atoms with Crippen LogP contribution in [0.1, 0.15) is 50.2 Å². The minimum absolute atomic E-state index is 0.414. The van der Waals surface area contributed by atoms with Gasteiger partial charge in [-0.15, -0.1) is 0 Å². The molecule has 0 radical (unpaired) electrons. The SMILES string of the molecule is CCOC1CCN(C(=NC)NCc2ccc(CN3CCCCC3)cc2)CC1. The Bertz CT molecular complexity index is 572. The minimum atomic E-state index is 0.414. The summed E-state index contributed by atoms with van der Waals surface area (Å²) >= 11 is 0. The second kappa shape index (κ2) is 10.7. The van der Waals surface area contributed by atoms with E-state index in [1.54, 1.807) is 0 Å². The maximum Gasteiger partial charge on any atom is 0.193 e. The first-order valence-electron chi connectivity index (χ1n) is 10.7. The van der Waals surface area contributed by atoms with Crippen molar-refractivity contribution in [2.75, 3.05) is 39.8 Å². The van der Waals surface area contributed by atoms with Crippen LogP contribution in [-0.2, 0) is 17.8 Å². The van der Waals surface area contributed by atoms with Crippen LogP contribution in [-0.4, -0.2) is 61.7 Å². The van der Waals surface area contributed by atoms with Crippen LogP contribution in [0.5, 0.6) is 0 Å². The molecule has 27 heavy (non-hydrogen) atoms. The molecule has 0 atom stereocenters. The summed E-state index contributed by atoms with van der Waals surface area (Å²) in [6, 6.07) is 9.06. The number of ether oxygens (including phenoxy) is 1. The lowest BCUT2D eigenvalue weighted by Crippen LogP contribution is -2.46. The molecule has 5 heteroatoms. The Labute approximate surface area is 164 Å². The molecule has 0 aromatic heterocycles. The van der Waals surface area contributed by atoms with E-state index >= 15 is 0 Å². The lowest BCUT2D eigenvalue weighted by molar-refractivity contribution is 0.0263. The Hall–Kier alpha value is -1.59. The molecule has 1 N–H and O–H groups in total. The van der Waals surface area contributed by atoms with E-state index in [1.165, 1.54) is 43.5 Å². The predicted octanol–water partition coefficient (Wildman–Crippen LogP) is 3.25. The molecule has 2 aliphatic rings. The van der Waals surface area contributed by atoms with Crippen molar-refractivity contribution >= 4 is 5.96 Å². The standard InChI is InChI=1S/C22H36N4O/c1-3-27-21-11-15-26(16-12-21)22(23-2)24-17-19-7-9-20(10-8-19)18-25-13-5-4-6-14-25/h7-10,21H,3-6,11-18H2,1-2H3,(H,23,24). The lowest BCUT2D eigenvalue weighted by atomic mass is 10.1. The molecule has 2 heterocycles. The van der Waals surface area contributed by atoms with Gasteiger partial charge in [-0.05, 0) is 56.8 Å². The van der Waals surface area contributed by atoms with Gasteiger partial charge in [-0.3, -0.25) is 9.89 Å². The zero-order valence-electron chi connectivity index (χ0n) is 17.1. The van der Waals surface area contributed by atoms with Crippen LogP contribution in [0.4, 0.5) is 0 Å². The molecule has 0 amide bonds. The molecular formula is C22H36N4O. The monoisotopic (exact) mass is 372 g/mol. The molecule has 0 unspecified atom stereocenters. The Morgan fingerprint density at radius 1 is 1.04 bits per heavy atom. The summed E-state index contributed by atoms with van der Waals surface area (Å²) in [7, 11) is 1.87. The van der Waals surface area contributed by atoms with E-state index in [-0.39, 0.29) is 0 Å². The first-order chi connectivity index (χ1) is 13.3. The average Bonchev–Trinajstić information content (AvgIpc) is 2.72. The van der Waals surface area contributed by atoms with Gasteiger partial charge in [-0.2, -0.15) is 0 Å². The molecule has 2 aliphatic heterocycles. The molecule has 0 spiro atoms. The summed E-state index contributed by atoms with van der Waals surface area (Å²) in [5, 5.41) is 3.53. The number of nitrogens with one attached hydrogen (secondary N) is 1. The number of nitrogens with zero attached hydrogens (tertiary/aromatic N) is 3. The maximum absolute atomic E-state index is 5.75. The third-order valence-corrected chi connectivity index (χ3v) is 5.68. The van der Waals surface area contributed by atoms with Crippen molar-refractivity contribution in [1.29, 1.82) is 0 Å². The highest BCUT2D eigenvalue weighted by Crippen LogP contribution is 2.15. The second-order valence-corrected chi connectivity index (χ2v) is 7.70. The van der Waals surface area contributed by atoms with Crippen LogP contribution < -0.4 is 5.32 Å². The van der Waals surface area contributed by atoms with Gasteiger partial charge in [-0.1, -0.05) is 30.7 Å². The normalized spacial score (nSPS) is 20.1. The van der Waals surface area contributed by atoms with E-state index in [4.69, 9.17) is 4.74 Å². The molecule has 150 valence electrons. The van der Waals surface area contributed by atoms with Gasteiger partial charge in [0.2, 0.25) is 0 Å². The number of guanidine groups is 1. The third kappa shape index (κ3) is 6.22. The molecule has 2 fully saturated rings. The van der Waals surface area contributed by atoms with Crippen LogP contribution in [0.25, 0.3) is 0 Å². The van der Waals surface area contributed by atoms with E-state index in [2.05, 4.69) is 51.3 Å². The zero-order valence-corrected chi connectivity index (χ0v) is 17.1. The Morgan fingerprint density at radius 3 is 2.33 bits per heavy atom. The van der Waals surface area contributed by atoms with Gasteiger partial charge in [0.25, 0.3) is 0 Å². The third-order valence-electron chi connectivity index (χ3n) is 5.68. The number of benzene rings is 1. The molecule has 0 saturated carbocycles. The van der Waals surface area contributed by atoms with Gasteiger partial charge in [-0.25, -0.2) is 0 Å². The highest BCUT2D eigenvalue weighted by Gasteiger charge is 2.21. The number of piperidine rings is 2. The van der Waals surface area contributed by atoms with E-state index in [0.29, 0.717) is 6.10 Å². The summed E-state index contributed by atoms with van der Waals surface area (Å²) in [6.07, 6.45) is 6.67. The van der Waals surface area contributed by atoms with E-state index < -0.39 is 0 Å². The van der Waals surface area contributed by atoms with Crippen LogP contribution >= 0.6 is 0 Å². The van der Waals surface area contributed by atoms with Gasteiger partial charge in [0.05, 0.1) is 6.10 Å². The van der Waals surface area contributed by atoms with Crippen LogP contribution in [0.15, 0.2) is 29.3 Å². The second-order valence-electron chi connectivity index (χ2n) is 7.70. The maximum atomic E-state index is 5.75. The summed E-state index contributed by atoms with van der Waals surface area (Å²) in [5.41, 5.74) is 2.73. The van der Waals surface area contributed by atoms with Crippen LogP contribution in [0.3, 0.4) is 0 Å². The summed E-state index contributed by atoms with van der Waals surface area (Å²) < 4.78 is 5.75. The Kier molecular flexibility index (Phi) is 7.96. The lowest BCUT2D eigenvalue weighted by Gasteiger charge is -2.34. The highest BCUT2D eigenvalue weighted by atomic mass is 16.5. The van der Waals surface area contributed by atoms with Crippen molar-refractivity contribution < 1.29 is 4.74 Å². The van der Waals surface area contributed by atoms with Gasteiger partial charge >= 0.3 is 0 Å². The fourth-order valence-electron chi connectivity index (χ4n) is 4.12. The van der Waals surface area contributed by atoms with Crippen molar-refractivity contribution in [2.45, 2.75) is 58.2 Å². The largest absolute Gasteiger partial charge is 0.378 e. The first kappa shape index (κ1) is 20.2. The topological polar surface area (TPSA) is 40.1 Å². The number of hydrogen-bond donors (Lipinski definition) is 1. The molecule has 2 saturated heterocycles. The van der Waals surface area contributed by atoms with Crippen molar-refractivity contribution in [3.63, 3.8) is 0 Å². The Morgan fingerprint density at radius 2 is 1.70 bits per heavy atom. The van der Waals surface area contributed by atoms with Crippen molar-refractivity contribution in [1.82, 2.24) is 15.1 Å². The number of rotatable bonds is 6. The number of hydrogen-bond acceptors (Lipinski definition) is 3. The Balaban J connectivity index is 1.44. The quantitative estimate of drug-likeness (QED) is 0.615. The minimum Gasteiger partial charge on any atom is -0.378 e. The van der Waals surface area contributed by atoms with Crippen molar-refractivity contribution in [3.05, 3.63) is 35.4 Å². The molecule has 0 bridgehead atoms. The van der Waals surface area contributed by atoms with E-state index in [9.17, 15) is 0 Å². The molecule has 1 aromatic carbocycles.